The molecular formula is C31H49N3O8S. The topological polar surface area (TPSA) is 143 Å². The molecule has 1 aromatic heterocycles. The molecule has 1 amide bonds. The number of likely N-dealkylation sites (N-methyl/N-ethyl adjacent to an activating group) is 1. The summed E-state index contributed by atoms with van der Waals surface area (Å²) in [5, 5.41) is 11.1. The Morgan fingerprint density at radius 1 is 1.16 bits per heavy atom. The van der Waals surface area contributed by atoms with Gasteiger partial charge in [0.25, 0.3) is 0 Å². The van der Waals surface area contributed by atoms with Crippen LogP contribution in [0.2, 0.25) is 0 Å². The van der Waals surface area contributed by atoms with Crippen LogP contribution in [0.1, 0.15) is 115 Å². The van der Waals surface area contributed by atoms with E-state index in [-0.39, 0.29) is 61.3 Å². The average Bonchev–Trinajstić information content (AvgIpc) is 3.45. The minimum atomic E-state index is -1.20. The Balaban J connectivity index is 2.48. The van der Waals surface area contributed by atoms with E-state index in [2.05, 4.69) is 9.88 Å². The first kappa shape index (κ1) is 36.3. The number of aromatic nitrogens is 1. The molecule has 0 radical (unpaired) electrons. The number of carboxylic acids is 1. The number of amides is 1. The van der Waals surface area contributed by atoms with E-state index in [0.717, 1.165) is 37.1 Å². The highest BCUT2D eigenvalue weighted by Crippen LogP contribution is 2.33. The highest BCUT2D eigenvalue weighted by Gasteiger charge is 2.39. The summed E-state index contributed by atoms with van der Waals surface area (Å²) in [5.41, 5.74) is -0.164. The fourth-order valence-corrected chi connectivity index (χ4v) is 6.35. The van der Waals surface area contributed by atoms with Crippen LogP contribution in [0.5, 0.6) is 0 Å². The summed E-state index contributed by atoms with van der Waals surface area (Å²) in [6.45, 7) is 11.4. The largest absolute Gasteiger partial charge is 0.476 e. The molecule has 2 heterocycles. The van der Waals surface area contributed by atoms with Crippen LogP contribution in [0.4, 0.5) is 0 Å². The maximum atomic E-state index is 14.5. The third-order valence-electron chi connectivity index (χ3n) is 8.26. The number of Topliss-reactive ketones (excluding diaryl/α,β-unsaturated/α-hetero) is 1. The number of esters is 2. The Morgan fingerprint density at radius 3 is 2.40 bits per heavy atom. The number of hydrogen-bond donors (Lipinski definition) is 1. The highest BCUT2D eigenvalue weighted by atomic mass is 32.1. The van der Waals surface area contributed by atoms with Gasteiger partial charge in [-0.1, -0.05) is 47.5 Å². The first-order chi connectivity index (χ1) is 20.3. The summed E-state index contributed by atoms with van der Waals surface area (Å²) < 4.78 is 11.2. The van der Waals surface area contributed by atoms with Crippen LogP contribution in [0.3, 0.4) is 0 Å². The fourth-order valence-electron chi connectivity index (χ4n) is 5.52. The number of carbonyl (C=O) groups is 5. The van der Waals surface area contributed by atoms with E-state index in [4.69, 9.17) is 9.47 Å². The van der Waals surface area contributed by atoms with Crippen LogP contribution in [0.15, 0.2) is 5.38 Å². The summed E-state index contributed by atoms with van der Waals surface area (Å²) in [4.78, 5) is 71.8. The van der Waals surface area contributed by atoms with Crippen molar-refractivity contribution >= 4 is 40.9 Å². The number of aromatic carboxylic acids is 1. The molecule has 1 N–H and O–H groups in total. The van der Waals surface area contributed by atoms with Gasteiger partial charge in [0.05, 0.1) is 6.04 Å². The lowest BCUT2D eigenvalue weighted by molar-refractivity contribution is -0.161. The predicted molar refractivity (Wildman–Crippen MR) is 162 cm³/mol. The summed E-state index contributed by atoms with van der Waals surface area (Å²) in [7, 11) is 1.94. The van der Waals surface area contributed by atoms with Crippen molar-refractivity contribution in [3.8, 4) is 0 Å². The van der Waals surface area contributed by atoms with Crippen LogP contribution in [-0.2, 0) is 28.7 Å². The molecule has 0 saturated carbocycles. The number of carbonyl (C=O) groups excluding carboxylic acids is 4. The molecule has 5 atom stereocenters. The summed E-state index contributed by atoms with van der Waals surface area (Å²) in [6.07, 6.45) is 3.49. The molecule has 1 fully saturated rings. The van der Waals surface area contributed by atoms with Crippen LogP contribution in [0, 0.1) is 17.8 Å². The van der Waals surface area contributed by atoms with Crippen molar-refractivity contribution in [1.29, 1.82) is 0 Å². The van der Waals surface area contributed by atoms with Gasteiger partial charge in [-0.15, -0.1) is 11.3 Å². The lowest BCUT2D eigenvalue weighted by atomic mass is 9.82. The van der Waals surface area contributed by atoms with Gasteiger partial charge in [0.15, 0.2) is 24.3 Å². The van der Waals surface area contributed by atoms with Crippen molar-refractivity contribution in [2.45, 2.75) is 111 Å². The van der Waals surface area contributed by atoms with E-state index < -0.39 is 36.0 Å². The first-order valence-electron chi connectivity index (χ1n) is 15.3. The van der Waals surface area contributed by atoms with E-state index in [1.165, 1.54) is 17.2 Å². The van der Waals surface area contributed by atoms with Gasteiger partial charge in [0, 0.05) is 43.5 Å². The fraction of sp³-hybridized carbons (Fsp3) is 0.742. The van der Waals surface area contributed by atoms with Gasteiger partial charge in [0.2, 0.25) is 5.91 Å². The number of piperidine rings is 1. The Morgan fingerprint density at radius 2 is 1.86 bits per heavy atom. The molecule has 1 saturated heterocycles. The van der Waals surface area contributed by atoms with Crippen molar-refractivity contribution in [1.82, 2.24) is 14.8 Å². The Hall–Kier alpha value is -2.86. The number of carboxylic acid groups (broad SMARTS) is 1. The molecule has 1 aliphatic heterocycles. The maximum absolute atomic E-state index is 14.5. The molecular weight excluding hydrogens is 574 g/mol. The predicted octanol–water partition coefficient (Wildman–Crippen LogP) is 5.10. The molecule has 0 aliphatic carbocycles. The Kier molecular flexibility index (Phi) is 14.7. The number of hydrogen-bond acceptors (Lipinski definition) is 10. The second-order valence-electron chi connectivity index (χ2n) is 11.9. The molecule has 242 valence electrons. The maximum Gasteiger partial charge on any atom is 0.355 e. The van der Waals surface area contributed by atoms with Crippen LogP contribution in [0.25, 0.3) is 0 Å². The van der Waals surface area contributed by atoms with Gasteiger partial charge < -0.3 is 19.5 Å². The van der Waals surface area contributed by atoms with E-state index in [1.54, 1.807) is 0 Å². The standard InChI is InChI=1S/C31H49N3O8S/c1-8-12-28(37)41-18-34(30(38)22(20(5)9-2)15-26(36)24-13-10-11-14-33(24)7)25(19(3)4)16-27(42-21(6)35)29-32-23(17-43-29)31(39)40/h17,19-20,22,24-25,27H,8-16,18H2,1-7H3,(H,39,40)/t20-,22-,24?,25+,27+/m0/s1. The number of nitrogens with zero attached hydrogens (tertiary/aromatic N) is 3. The van der Waals surface area contributed by atoms with Crippen LogP contribution in [-0.4, -0.2) is 81.9 Å². The molecule has 1 aromatic rings. The van der Waals surface area contributed by atoms with Gasteiger partial charge in [-0.2, -0.15) is 0 Å². The smallest absolute Gasteiger partial charge is 0.355 e. The number of thiazole rings is 1. The van der Waals surface area contributed by atoms with E-state index in [0.29, 0.717) is 17.8 Å². The summed E-state index contributed by atoms with van der Waals surface area (Å²) in [6, 6.07) is -0.811. The normalized spacial score (nSPS) is 18.4. The lowest BCUT2D eigenvalue weighted by Gasteiger charge is -2.39. The number of ketones is 1. The van der Waals surface area contributed by atoms with Gasteiger partial charge >= 0.3 is 17.9 Å². The third-order valence-corrected chi connectivity index (χ3v) is 9.20. The number of ether oxygens (including phenoxy) is 2. The molecule has 0 aromatic carbocycles. The Labute approximate surface area is 259 Å². The van der Waals surface area contributed by atoms with Crippen molar-refractivity contribution in [3.05, 3.63) is 16.1 Å². The highest BCUT2D eigenvalue weighted by molar-refractivity contribution is 7.09. The zero-order chi connectivity index (χ0) is 32.3. The lowest BCUT2D eigenvalue weighted by Crippen LogP contribution is -2.50. The van der Waals surface area contributed by atoms with E-state index in [9.17, 15) is 29.1 Å². The molecule has 2 rings (SSSR count). The van der Waals surface area contributed by atoms with Crippen LogP contribution < -0.4 is 0 Å². The Bertz CT molecular complexity index is 1110. The monoisotopic (exact) mass is 623 g/mol. The zero-order valence-electron chi connectivity index (χ0n) is 26.7. The summed E-state index contributed by atoms with van der Waals surface area (Å²) in [5.74, 6) is -3.41. The molecule has 11 nitrogen and oxygen atoms in total. The van der Waals surface area contributed by atoms with Crippen LogP contribution >= 0.6 is 11.3 Å². The second-order valence-corrected chi connectivity index (χ2v) is 12.8. The molecule has 1 unspecified atom stereocenters. The zero-order valence-corrected chi connectivity index (χ0v) is 27.5. The van der Waals surface area contributed by atoms with Crippen molar-refractivity contribution < 1.29 is 38.6 Å². The quantitative estimate of drug-likeness (QED) is 0.184. The van der Waals surface area contributed by atoms with Gasteiger partial charge in [-0.05, 0) is 44.7 Å². The SMILES string of the molecule is CCCC(=O)OCN(C(=O)[C@@H](CC(=O)C1CCCCN1C)[C@@H](C)CC)[C@H](C[C@@H](OC(C)=O)c1nc(C(=O)O)cs1)C(C)C. The molecule has 1 aliphatic rings. The van der Waals surface area contributed by atoms with Crippen molar-refractivity contribution in [2.24, 2.45) is 17.8 Å². The summed E-state index contributed by atoms with van der Waals surface area (Å²) >= 11 is 1.06. The minimum absolute atomic E-state index is 0.0339. The second kappa shape index (κ2) is 17.4. The van der Waals surface area contributed by atoms with Crippen molar-refractivity contribution in [2.75, 3.05) is 20.3 Å². The van der Waals surface area contributed by atoms with E-state index in [1.807, 2.05) is 41.7 Å². The van der Waals surface area contributed by atoms with E-state index >= 15 is 0 Å². The van der Waals surface area contributed by atoms with Gasteiger partial charge in [-0.25, -0.2) is 9.78 Å². The van der Waals surface area contributed by atoms with Gasteiger partial charge in [-0.3, -0.25) is 24.1 Å². The number of likely N-dealkylation sites (tertiary alicyclic amines) is 1. The first-order valence-corrected chi connectivity index (χ1v) is 16.2. The van der Waals surface area contributed by atoms with Crippen molar-refractivity contribution in [3.63, 3.8) is 0 Å². The van der Waals surface area contributed by atoms with Gasteiger partial charge in [0.1, 0.15) is 5.01 Å². The molecule has 0 bridgehead atoms. The molecule has 12 heteroatoms. The molecule has 0 spiro atoms. The molecule has 43 heavy (non-hydrogen) atoms. The average molecular weight is 624 g/mol. The number of rotatable bonds is 17. The minimum Gasteiger partial charge on any atom is -0.476 e. The third kappa shape index (κ3) is 10.7.